The van der Waals surface area contributed by atoms with E-state index in [4.69, 9.17) is 4.43 Å². The average Bonchev–Trinajstić information content (AvgIpc) is 2.49. The van der Waals surface area contributed by atoms with E-state index in [2.05, 4.69) is 13.5 Å². The van der Waals surface area contributed by atoms with Crippen molar-refractivity contribution < 1.29 is 4.43 Å². The molecule has 0 aromatic rings. The predicted molar refractivity (Wildman–Crippen MR) is 86.1 cm³/mol. The van der Waals surface area contributed by atoms with Crippen molar-refractivity contribution in [2.24, 2.45) is 0 Å². The lowest BCUT2D eigenvalue weighted by Crippen LogP contribution is -2.46. The zero-order valence-electron chi connectivity index (χ0n) is 13.3. The van der Waals surface area contributed by atoms with Gasteiger partial charge in [0.25, 0.3) is 0 Å². The van der Waals surface area contributed by atoms with Gasteiger partial charge in [-0.3, -0.25) is 0 Å². The molecule has 0 radical (unpaired) electrons. The molecule has 0 unspecified atom stereocenters. The Balaban J connectivity index is 2.00. The van der Waals surface area contributed by atoms with Gasteiger partial charge in [0.2, 0.25) is 0 Å². The van der Waals surface area contributed by atoms with Crippen molar-refractivity contribution in [3.05, 3.63) is 0 Å². The molecule has 0 atom stereocenters. The molecule has 0 bridgehead atoms. The first-order valence-electron chi connectivity index (χ1n) is 8.91. The number of hydrogen-bond donors (Lipinski definition) is 0. The summed E-state index contributed by atoms with van der Waals surface area (Å²) in [6.45, 7) is 5.93. The van der Waals surface area contributed by atoms with Crippen LogP contribution in [0.25, 0.3) is 0 Å². The third-order valence-corrected chi connectivity index (χ3v) is 11.0. The fraction of sp³-hybridized carbons (Fsp3) is 1.00. The van der Waals surface area contributed by atoms with Gasteiger partial charge >= 0.3 is 0 Å². The number of hydrogen-bond acceptors (Lipinski definition) is 1. The molecular formula is C17H34OSi. The second-order valence-corrected chi connectivity index (χ2v) is 11.3. The van der Waals surface area contributed by atoms with Gasteiger partial charge in [0.05, 0.1) is 0 Å². The summed E-state index contributed by atoms with van der Waals surface area (Å²) < 4.78 is 6.69. The van der Waals surface area contributed by atoms with Crippen LogP contribution in [0.15, 0.2) is 0 Å². The molecule has 0 aromatic carbocycles. The standard InChI is InChI=1S/C17H34OSi/c1-3-4-15-18-19(2,16-11-7-5-8-12-16)17-13-9-6-10-14-17/h16-17H,3-15H2,1-2H3. The molecule has 2 heteroatoms. The van der Waals surface area contributed by atoms with Crippen molar-refractivity contribution in [3.8, 4) is 0 Å². The van der Waals surface area contributed by atoms with E-state index in [1.54, 1.807) is 0 Å². The fourth-order valence-electron chi connectivity index (χ4n) is 4.36. The van der Waals surface area contributed by atoms with Crippen LogP contribution in [0, 0.1) is 0 Å². The summed E-state index contributed by atoms with van der Waals surface area (Å²) >= 11 is 0. The summed E-state index contributed by atoms with van der Waals surface area (Å²) in [7, 11) is -1.48. The Morgan fingerprint density at radius 2 is 1.32 bits per heavy atom. The van der Waals surface area contributed by atoms with Crippen LogP contribution in [0.1, 0.15) is 84.0 Å². The number of rotatable bonds is 6. The van der Waals surface area contributed by atoms with Gasteiger partial charge in [0.1, 0.15) is 0 Å². The molecule has 0 N–H and O–H groups in total. The molecule has 2 aliphatic carbocycles. The quantitative estimate of drug-likeness (QED) is 0.426. The van der Waals surface area contributed by atoms with Gasteiger partial charge in [-0.2, -0.15) is 0 Å². The Labute approximate surface area is 121 Å². The molecule has 2 aliphatic rings. The second kappa shape index (κ2) is 7.83. The van der Waals surface area contributed by atoms with Gasteiger partial charge in [-0.1, -0.05) is 77.6 Å². The van der Waals surface area contributed by atoms with Gasteiger partial charge in [0, 0.05) is 6.61 Å². The van der Waals surface area contributed by atoms with Crippen LogP contribution in [0.5, 0.6) is 0 Å². The summed E-state index contributed by atoms with van der Waals surface area (Å²) in [4.78, 5) is 0. The van der Waals surface area contributed by atoms with Crippen molar-refractivity contribution in [2.75, 3.05) is 6.61 Å². The van der Waals surface area contributed by atoms with Crippen molar-refractivity contribution in [2.45, 2.75) is 102 Å². The van der Waals surface area contributed by atoms with Crippen molar-refractivity contribution in [1.82, 2.24) is 0 Å². The molecule has 2 rings (SSSR count). The smallest absolute Gasteiger partial charge is 0.195 e. The van der Waals surface area contributed by atoms with Crippen molar-refractivity contribution in [1.29, 1.82) is 0 Å². The van der Waals surface area contributed by atoms with E-state index < -0.39 is 8.32 Å². The molecule has 1 nitrogen and oxygen atoms in total. The molecule has 0 saturated heterocycles. The minimum Gasteiger partial charge on any atom is -0.417 e. The van der Waals surface area contributed by atoms with E-state index in [1.807, 2.05) is 0 Å². The summed E-state index contributed by atoms with van der Waals surface area (Å²) in [6.07, 6.45) is 17.3. The van der Waals surface area contributed by atoms with Gasteiger partial charge < -0.3 is 4.43 Å². The van der Waals surface area contributed by atoms with Crippen molar-refractivity contribution >= 4 is 8.32 Å². The van der Waals surface area contributed by atoms with Crippen LogP contribution in [-0.2, 0) is 4.43 Å². The van der Waals surface area contributed by atoms with Crippen LogP contribution in [0.4, 0.5) is 0 Å². The second-order valence-electron chi connectivity index (χ2n) is 7.06. The molecule has 0 heterocycles. The monoisotopic (exact) mass is 282 g/mol. The van der Waals surface area contributed by atoms with E-state index in [9.17, 15) is 0 Å². The predicted octanol–water partition coefficient (Wildman–Crippen LogP) is 6.05. The maximum atomic E-state index is 6.69. The Kier molecular flexibility index (Phi) is 6.41. The van der Waals surface area contributed by atoms with E-state index in [1.165, 1.54) is 77.0 Å². The van der Waals surface area contributed by atoms with Gasteiger partial charge in [-0.15, -0.1) is 0 Å². The highest BCUT2D eigenvalue weighted by atomic mass is 28.4. The van der Waals surface area contributed by atoms with Crippen LogP contribution < -0.4 is 0 Å². The maximum absolute atomic E-state index is 6.69. The van der Waals surface area contributed by atoms with Gasteiger partial charge in [0.15, 0.2) is 8.32 Å². The van der Waals surface area contributed by atoms with E-state index >= 15 is 0 Å². The van der Waals surface area contributed by atoms with Crippen LogP contribution in [-0.4, -0.2) is 14.9 Å². The molecule has 19 heavy (non-hydrogen) atoms. The summed E-state index contributed by atoms with van der Waals surface area (Å²) in [5.74, 6) is 0. The highest BCUT2D eigenvalue weighted by molar-refractivity contribution is 6.75. The lowest BCUT2D eigenvalue weighted by Gasteiger charge is -2.44. The zero-order chi connectivity index (χ0) is 13.6. The zero-order valence-corrected chi connectivity index (χ0v) is 14.3. The molecule has 0 aliphatic heterocycles. The third kappa shape index (κ3) is 4.07. The molecule has 2 saturated carbocycles. The molecule has 2 fully saturated rings. The first kappa shape index (κ1) is 15.6. The normalized spacial score (nSPS) is 23.7. The summed E-state index contributed by atoms with van der Waals surface area (Å²) in [6, 6.07) is 0. The minimum absolute atomic E-state index is 0.973. The SMILES string of the molecule is CCCCO[Si](C)(C1CCCCC1)C1CCCCC1. The lowest BCUT2D eigenvalue weighted by molar-refractivity contribution is 0.257. The van der Waals surface area contributed by atoms with Crippen LogP contribution >= 0.6 is 0 Å². The fourth-order valence-corrected chi connectivity index (χ4v) is 9.19. The van der Waals surface area contributed by atoms with Gasteiger partial charge in [-0.25, -0.2) is 0 Å². The Morgan fingerprint density at radius 3 is 1.74 bits per heavy atom. The first-order valence-corrected chi connectivity index (χ1v) is 11.5. The van der Waals surface area contributed by atoms with E-state index in [0.29, 0.717) is 0 Å². The van der Waals surface area contributed by atoms with E-state index in [0.717, 1.165) is 17.7 Å². The third-order valence-electron chi connectivity index (χ3n) is 5.74. The molecule has 0 spiro atoms. The lowest BCUT2D eigenvalue weighted by atomic mass is 9.99. The van der Waals surface area contributed by atoms with Crippen molar-refractivity contribution in [3.63, 3.8) is 0 Å². The topological polar surface area (TPSA) is 9.23 Å². The maximum Gasteiger partial charge on any atom is 0.195 e. The average molecular weight is 283 g/mol. The Hall–Kier alpha value is 0.177. The molecule has 0 aromatic heterocycles. The Morgan fingerprint density at radius 1 is 0.842 bits per heavy atom. The van der Waals surface area contributed by atoms with E-state index in [-0.39, 0.29) is 0 Å². The summed E-state index contributed by atoms with van der Waals surface area (Å²) in [5.41, 5.74) is 1.95. The molecule has 0 amide bonds. The van der Waals surface area contributed by atoms with Gasteiger partial charge in [-0.05, 0) is 24.1 Å². The van der Waals surface area contributed by atoms with Crippen LogP contribution in [0.3, 0.4) is 0 Å². The highest BCUT2D eigenvalue weighted by Gasteiger charge is 2.45. The molecular weight excluding hydrogens is 248 g/mol. The Bertz CT molecular complexity index is 224. The largest absolute Gasteiger partial charge is 0.417 e. The minimum atomic E-state index is -1.48. The first-order chi connectivity index (χ1) is 9.27. The summed E-state index contributed by atoms with van der Waals surface area (Å²) in [5, 5.41) is 0. The van der Waals surface area contributed by atoms with Crippen LogP contribution in [0.2, 0.25) is 17.6 Å². The number of unbranched alkanes of at least 4 members (excludes halogenated alkanes) is 1. The highest BCUT2D eigenvalue weighted by Crippen LogP contribution is 2.48. The molecule has 112 valence electrons.